The molecule has 0 aliphatic rings. The van der Waals surface area contributed by atoms with Crippen molar-refractivity contribution in [2.24, 2.45) is 0 Å². The molecule has 4 heteroatoms. The van der Waals surface area contributed by atoms with Gasteiger partial charge in [-0.15, -0.1) is 0 Å². The number of nitrogen functional groups attached to an aromatic ring is 1. The number of nitrogens with zero attached hydrogens (tertiary/aromatic N) is 1. The van der Waals surface area contributed by atoms with Gasteiger partial charge in [0.2, 0.25) is 5.88 Å². The summed E-state index contributed by atoms with van der Waals surface area (Å²) >= 11 is 2.27. The molecule has 0 amide bonds. The lowest BCUT2D eigenvalue weighted by atomic mass is 10.1. The molecule has 0 aliphatic carbocycles. The van der Waals surface area contributed by atoms with E-state index in [4.69, 9.17) is 10.3 Å². The predicted octanol–water partition coefficient (Wildman–Crippen LogP) is 3.09. The first kappa shape index (κ1) is 10.5. The summed E-state index contributed by atoms with van der Waals surface area (Å²) in [6.07, 6.45) is 0.830. The highest BCUT2D eigenvalue weighted by atomic mass is 127. The molecule has 1 heterocycles. The molecule has 0 fully saturated rings. The van der Waals surface area contributed by atoms with Gasteiger partial charge in [0.1, 0.15) is 5.69 Å². The zero-order valence-corrected chi connectivity index (χ0v) is 10.5. The van der Waals surface area contributed by atoms with Crippen molar-refractivity contribution < 1.29 is 4.52 Å². The van der Waals surface area contributed by atoms with Gasteiger partial charge in [0.15, 0.2) is 0 Å². The lowest BCUT2D eigenvalue weighted by Gasteiger charge is -1.99. The van der Waals surface area contributed by atoms with E-state index in [1.54, 1.807) is 0 Å². The van der Waals surface area contributed by atoms with Crippen LogP contribution in [0.4, 0.5) is 5.88 Å². The molecule has 2 aromatic rings. The Bertz CT molecular complexity index is 462. The van der Waals surface area contributed by atoms with Gasteiger partial charge in [-0.25, -0.2) is 0 Å². The van der Waals surface area contributed by atoms with E-state index in [1.807, 2.05) is 31.2 Å². The van der Waals surface area contributed by atoms with Crippen molar-refractivity contribution in [3.8, 4) is 11.3 Å². The van der Waals surface area contributed by atoms with Crippen molar-refractivity contribution in [1.82, 2.24) is 5.16 Å². The fourth-order valence-electron chi connectivity index (χ4n) is 1.50. The molecule has 0 aliphatic heterocycles. The van der Waals surface area contributed by atoms with Gasteiger partial charge in [0.05, 0.1) is 0 Å². The SMILES string of the molecule is CCc1c(-c2ccc(I)cc2)noc1N. The van der Waals surface area contributed by atoms with Gasteiger partial charge in [-0.1, -0.05) is 24.2 Å². The van der Waals surface area contributed by atoms with E-state index in [0.29, 0.717) is 5.88 Å². The minimum Gasteiger partial charge on any atom is -0.367 e. The minimum absolute atomic E-state index is 0.422. The molecule has 0 bridgehead atoms. The second kappa shape index (κ2) is 4.22. The van der Waals surface area contributed by atoms with E-state index in [9.17, 15) is 0 Å². The van der Waals surface area contributed by atoms with Crippen molar-refractivity contribution in [2.45, 2.75) is 13.3 Å². The number of rotatable bonds is 2. The second-order valence-electron chi connectivity index (χ2n) is 3.23. The van der Waals surface area contributed by atoms with Gasteiger partial charge in [-0.05, 0) is 41.1 Å². The topological polar surface area (TPSA) is 52.0 Å². The van der Waals surface area contributed by atoms with E-state index in [-0.39, 0.29) is 0 Å². The molecule has 0 radical (unpaired) electrons. The van der Waals surface area contributed by atoms with Crippen LogP contribution in [0.5, 0.6) is 0 Å². The minimum atomic E-state index is 0.422. The molecule has 0 unspecified atom stereocenters. The Balaban J connectivity index is 2.49. The number of aromatic nitrogens is 1. The number of nitrogens with two attached hydrogens (primary N) is 1. The first-order valence-electron chi connectivity index (χ1n) is 4.72. The Morgan fingerprint density at radius 1 is 1.33 bits per heavy atom. The largest absolute Gasteiger partial charge is 0.367 e. The quantitative estimate of drug-likeness (QED) is 0.867. The maximum absolute atomic E-state index is 5.69. The highest BCUT2D eigenvalue weighted by Gasteiger charge is 2.12. The van der Waals surface area contributed by atoms with Gasteiger partial charge in [-0.2, -0.15) is 0 Å². The molecule has 0 saturated carbocycles. The van der Waals surface area contributed by atoms with Crippen LogP contribution in [0.3, 0.4) is 0 Å². The maximum Gasteiger partial charge on any atom is 0.225 e. The Hall–Kier alpha value is -1.04. The Morgan fingerprint density at radius 3 is 2.60 bits per heavy atom. The monoisotopic (exact) mass is 314 g/mol. The summed E-state index contributed by atoms with van der Waals surface area (Å²) in [4.78, 5) is 0. The maximum atomic E-state index is 5.69. The van der Waals surface area contributed by atoms with Crippen LogP contribution in [0.15, 0.2) is 28.8 Å². The highest BCUT2D eigenvalue weighted by molar-refractivity contribution is 14.1. The normalized spacial score (nSPS) is 10.5. The standard InChI is InChI=1S/C11H11IN2O/c1-2-9-10(14-15-11(9)13)7-3-5-8(12)6-4-7/h3-6H,2,13H2,1H3. The summed E-state index contributed by atoms with van der Waals surface area (Å²) in [6, 6.07) is 8.14. The molecule has 0 spiro atoms. The number of halogens is 1. The van der Waals surface area contributed by atoms with E-state index in [2.05, 4.69) is 27.7 Å². The third kappa shape index (κ3) is 1.99. The van der Waals surface area contributed by atoms with Crippen molar-refractivity contribution in [1.29, 1.82) is 0 Å². The smallest absolute Gasteiger partial charge is 0.225 e. The predicted molar refractivity (Wildman–Crippen MR) is 68.4 cm³/mol. The van der Waals surface area contributed by atoms with Crippen LogP contribution in [0.2, 0.25) is 0 Å². The van der Waals surface area contributed by atoms with Gasteiger partial charge >= 0.3 is 0 Å². The van der Waals surface area contributed by atoms with Crippen LogP contribution in [-0.4, -0.2) is 5.16 Å². The van der Waals surface area contributed by atoms with Gasteiger partial charge in [0.25, 0.3) is 0 Å². The van der Waals surface area contributed by atoms with E-state index in [1.165, 1.54) is 3.57 Å². The van der Waals surface area contributed by atoms with Crippen LogP contribution in [0, 0.1) is 3.57 Å². The molecular formula is C11H11IN2O. The Labute approximate surface area is 102 Å². The summed E-state index contributed by atoms with van der Waals surface area (Å²) in [5, 5.41) is 3.98. The van der Waals surface area contributed by atoms with Crippen molar-refractivity contribution in [3.63, 3.8) is 0 Å². The fourth-order valence-corrected chi connectivity index (χ4v) is 1.86. The molecular weight excluding hydrogens is 303 g/mol. The zero-order chi connectivity index (χ0) is 10.8. The van der Waals surface area contributed by atoms with Crippen LogP contribution < -0.4 is 5.73 Å². The van der Waals surface area contributed by atoms with E-state index >= 15 is 0 Å². The molecule has 0 atom stereocenters. The number of hydrogen-bond donors (Lipinski definition) is 1. The van der Waals surface area contributed by atoms with Gasteiger partial charge in [-0.3, -0.25) is 0 Å². The summed E-state index contributed by atoms with van der Waals surface area (Å²) < 4.78 is 6.20. The summed E-state index contributed by atoms with van der Waals surface area (Å²) in [5.41, 5.74) is 8.57. The fraction of sp³-hybridized carbons (Fsp3) is 0.182. The summed E-state index contributed by atoms with van der Waals surface area (Å²) in [7, 11) is 0. The highest BCUT2D eigenvalue weighted by Crippen LogP contribution is 2.27. The summed E-state index contributed by atoms with van der Waals surface area (Å²) in [6.45, 7) is 2.04. The van der Waals surface area contributed by atoms with Crippen LogP contribution in [-0.2, 0) is 6.42 Å². The average molecular weight is 314 g/mol. The van der Waals surface area contributed by atoms with Crippen molar-refractivity contribution in [2.75, 3.05) is 5.73 Å². The van der Waals surface area contributed by atoms with Gasteiger partial charge in [0, 0.05) is 14.7 Å². The van der Waals surface area contributed by atoms with Gasteiger partial charge < -0.3 is 10.3 Å². The average Bonchev–Trinajstić information content (AvgIpc) is 2.61. The first-order valence-corrected chi connectivity index (χ1v) is 5.80. The third-order valence-corrected chi connectivity index (χ3v) is 3.01. The van der Waals surface area contributed by atoms with Crippen LogP contribution in [0.25, 0.3) is 11.3 Å². The molecule has 1 aromatic heterocycles. The molecule has 78 valence electrons. The van der Waals surface area contributed by atoms with Crippen LogP contribution >= 0.6 is 22.6 Å². The molecule has 2 N–H and O–H groups in total. The van der Waals surface area contributed by atoms with Crippen molar-refractivity contribution in [3.05, 3.63) is 33.4 Å². The number of benzene rings is 1. The number of anilines is 1. The molecule has 0 saturated heterocycles. The first-order chi connectivity index (χ1) is 7.22. The lowest BCUT2D eigenvalue weighted by Crippen LogP contribution is -1.89. The molecule has 15 heavy (non-hydrogen) atoms. The lowest BCUT2D eigenvalue weighted by molar-refractivity contribution is 0.438. The zero-order valence-electron chi connectivity index (χ0n) is 8.33. The summed E-state index contributed by atoms with van der Waals surface area (Å²) in [5.74, 6) is 0.422. The van der Waals surface area contributed by atoms with E-state index < -0.39 is 0 Å². The second-order valence-corrected chi connectivity index (χ2v) is 4.48. The Kier molecular flexibility index (Phi) is 2.95. The van der Waals surface area contributed by atoms with Crippen LogP contribution in [0.1, 0.15) is 12.5 Å². The molecule has 1 aromatic carbocycles. The number of hydrogen-bond acceptors (Lipinski definition) is 3. The van der Waals surface area contributed by atoms with Crippen molar-refractivity contribution >= 4 is 28.5 Å². The van der Waals surface area contributed by atoms with E-state index in [0.717, 1.165) is 23.2 Å². The third-order valence-electron chi connectivity index (χ3n) is 2.29. The Morgan fingerprint density at radius 2 is 2.00 bits per heavy atom. The molecule has 2 rings (SSSR count). The molecule has 3 nitrogen and oxygen atoms in total.